The highest BCUT2D eigenvalue weighted by Crippen LogP contribution is 2.17. The van der Waals surface area contributed by atoms with Gasteiger partial charge in [0, 0.05) is 32.5 Å². The first-order chi connectivity index (χ1) is 11.5. The maximum atomic E-state index is 12.5. The number of nitrogens with zero attached hydrogens (tertiary/aromatic N) is 5. The van der Waals surface area contributed by atoms with Gasteiger partial charge in [0.2, 0.25) is 5.78 Å². The van der Waals surface area contributed by atoms with E-state index in [-0.39, 0.29) is 11.2 Å². The maximum Gasteiger partial charge on any atom is 0.332 e. The molecular formula is C17H25N5O2. The average Bonchev–Trinajstić information content (AvgIpc) is 3.06. The number of hydrogen-bond acceptors (Lipinski definition) is 3. The van der Waals surface area contributed by atoms with Crippen LogP contribution in [0.2, 0.25) is 0 Å². The van der Waals surface area contributed by atoms with Gasteiger partial charge in [-0.3, -0.25) is 18.3 Å². The molecule has 0 spiro atoms. The van der Waals surface area contributed by atoms with E-state index in [2.05, 4.69) is 16.5 Å². The standard InChI is InChI=1S/C17H25N5O2/c1-5-6-7-8-9-10-21-12(2)11-22-13-14(18-16(21)22)19(3)17(24)20(4)15(13)23/h11H,5-10H2,1-4H3. The molecule has 0 aliphatic heterocycles. The summed E-state index contributed by atoms with van der Waals surface area (Å²) in [4.78, 5) is 29.2. The van der Waals surface area contributed by atoms with Crippen LogP contribution in [0.5, 0.6) is 0 Å². The summed E-state index contributed by atoms with van der Waals surface area (Å²) >= 11 is 0. The fourth-order valence-electron chi connectivity index (χ4n) is 3.28. The number of fused-ring (bicyclic) bond motifs is 3. The maximum absolute atomic E-state index is 12.5. The minimum atomic E-state index is -0.351. The van der Waals surface area contributed by atoms with Crippen LogP contribution in [-0.4, -0.2) is 23.1 Å². The van der Waals surface area contributed by atoms with Gasteiger partial charge < -0.3 is 4.57 Å². The Balaban J connectivity index is 2.08. The van der Waals surface area contributed by atoms with Crippen molar-refractivity contribution >= 4 is 16.9 Å². The fourth-order valence-corrected chi connectivity index (χ4v) is 3.28. The number of hydrogen-bond donors (Lipinski definition) is 0. The molecular weight excluding hydrogens is 306 g/mol. The molecule has 0 atom stereocenters. The van der Waals surface area contributed by atoms with E-state index < -0.39 is 0 Å². The lowest BCUT2D eigenvalue weighted by molar-refractivity contribution is 0.569. The van der Waals surface area contributed by atoms with Crippen LogP contribution in [0.25, 0.3) is 16.9 Å². The van der Waals surface area contributed by atoms with Gasteiger partial charge in [-0.15, -0.1) is 0 Å². The van der Waals surface area contributed by atoms with E-state index in [0.717, 1.165) is 29.0 Å². The van der Waals surface area contributed by atoms with Crippen LogP contribution in [0.1, 0.15) is 44.7 Å². The van der Waals surface area contributed by atoms with E-state index in [1.807, 2.05) is 17.5 Å². The van der Waals surface area contributed by atoms with Gasteiger partial charge in [0.1, 0.15) is 0 Å². The summed E-state index contributed by atoms with van der Waals surface area (Å²) in [5, 5.41) is 0. The van der Waals surface area contributed by atoms with Gasteiger partial charge in [-0.25, -0.2) is 4.79 Å². The zero-order valence-corrected chi connectivity index (χ0v) is 14.9. The second-order valence-electron chi connectivity index (χ2n) is 6.50. The molecule has 7 heteroatoms. The molecule has 24 heavy (non-hydrogen) atoms. The van der Waals surface area contributed by atoms with Crippen molar-refractivity contribution in [1.29, 1.82) is 0 Å². The van der Waals surface area contributed by atoms with E-state index in [1.165, 1.54) is 37.3 Å². The lowest BCUT2D eigenvalue weighted by Gasteiger charge is -2.05. The van der Waals surface area contributed by atoms with Crippen molar-refractivity contribution in [3.05, 3.63) is 32.7 Å². The van der Waals surface area contributed by atoms with Gasteiger partial charge in [-0.05, 0) is 13.3 Å². The molecule has 0 fully saturated rings. The Bertz CT molecular complexity index is 1000. The topological polar surface area (TPSA) is 66.2 Å². The highest BCUT2D eigenvalue weighted by molar-refractivity contribution is 5.75. The van der Waals surface area contributed by atoms with Crippen LogP contribution < -0.4 is 11.2 Å². The van der Waals surface area contributed by atoms with Crippen molar-refractivity contribution < 1.29 is 0 Å². The van der Waals surface area contributed by atoms with E-state index >= 15 is 0 Å². The number of aryl methyl sites for hydroxylation is 3. The third-order valence-corrected chi connectivity index (χ3v) is 4.74. The predicted molar refractivity (Wildman–Crippen MR) is 94.7 cm³/mol. The Morgan fingerprint density at radius 3 is 2.46 bits per heavy atom. The number of rotatable bonds is 6. The minimum absolute atomic E-state index is 0.305. The van der Waals surface area contributed by atoms with Crippen LogP contribution in [0.3, 0.4) is 0 Å². The van der Waals surface area contributed by atoms with Crippen molar-refractivity contribution in [3.8, 4) is 0 Å². The molecule has 0 saturated heterocycles. The fraction of sp³-hybridized carbons (Fsp3) is 0.588. The highest BCUT2D eigenvalue weighted by atomic mass is 16.2. The summed E-state index contributed by atoms with van der Waals surface area (Å²) in [7, 11) is 3.15. The smallest absolute Gasteiger partial charge is 0.314 e. The predicted octanol–water partition coefficient (Wildman–Crippen LogP) is 1.97. The molecule has 0 N–H and O–H groups in total. The summed E-state index contributed by atoms with van der Waals surface area (Å²) < 4.78 is 6.52. The van der Waals surface area contributed by atoms with Crippen molar-refractivity contribution in [3.63, 3.8) is 0 Å². The first-order valence-corrected chi connectivity index (χ1v) is 8.61. The van der Waals surface area contributed by atoms with E-state index in [0.29, 0.717) is 11.2 Å². The molecule has 0 radical (unpaired) electrons. The van der Waals surface area contributed by atoms with Gasteiger partial charge >= 0.3 is 5.69 Å². The second kappa shape index (κ2) is 6.30. The van der Waals surface area contributed by atoms with E-state index in [4.69, 9.17) is 0 Å². The molecule has 3 aromatic heterocycles. The highest BCUT2D eigenvalue weighted by Gasteiger charge is 2.18. The zero-order chi connectivity index (χ0) is 17.4. The third-order valence-electron chi connectivity index (χ3n) is 4.74. The van der Waals surface area contributed by atoms with E-state index in [9.17, 15) is 9.59 Å². The van der Waals surface area contributed by atoms with Crippen molar-refractivity contribution in [2.75, 3.05) is 0 Å². The van der Waals surface area contributed by atoms with E-state index in [1.54, 1.807) is 7.05 Å². The molecule has 0 saturated carbocycles. The first-order valence-electron chi connectivity index (χ1n) is 8.61. The Morgan fingerprint density at radius 1 is 1.04 bits per heavy atom. The van der Waals surface area contributed by atoms with Crippen LogP contribution in [0, 0.1) is 6.92 Å². The molecule has 0 bridgehead atoms. The van der Waals surface area contributed by atoms with Gasteiger partial charge in [-0.2, -0.15) is 4.98 Å². The van der Waals surface area contributed by atoms with Gasteiger partial charge in [0.05, 0.1) is 0 Å². The number of aromatic nitrogens is 5. The normalized spacial score (nSPS) is 11.8. The van der Waals surface area contributed by atoms with Crippen LogP contribution in [-0.2, 0) is 20.6 Å². The van der Waals surface area contributed by atoms with Crippen LogP contribution in [0.15, 0.2) is 15.8 Å². The lowest BCUT2D eigenvalue weighted by Crippen LogP contribution is -2.37. The van der Waals surface area contributed by atoms with Crippen molar-refractivity contribution in [2.24, 2.45) is 14.1 Å². The summed E-state index contributed by atoms with van der Waals surface area (Å²) in [6.45, 7) is 5.11. The molecule has 0 aromatic carbocycles. The van der Waals surface area contributed by atoms with Crippen LogP contribution >= 0.6 is 0 Å². The third kappa shape index (κ3) is 2.48. The van der Waals surface area contributed by atoms with Gasteiger partial charge in [0.15, 0.2) is 11.2 Å². The number of imidazole rings is 2. The molecule has 3 rings (SSSR count). The molecule has 3 aromatic rings. The van der Waals surface area contributed by atoms with Crippen LogP contribution in [0.4, 0.5) is 0 Å². The largest absolute Gasteiger partial charge is 0.332 e. The molecule has 0 aliphatic carbocycles. The quantitative estimate of drug-likeness (QED) is 0.649. The summed E-state index contributed by atoms with van der Waals surface area (Å²) in [5.74, 6) is 0.733. The molecule has 0 amide bonds. The minimum Gasteiger partial charge on any atom is -0.314 e. The molecule has 0 aliphatic rings. The molecule has 3 heterocycles. The Hall–Kier alpha value is -2.31. The SMILES string of the molecule is CCCCCCCn1c(C)cn2c3c(=O)n(C)c(=O)n(C)c3nc12. The summed E-state index contributed by atoms with van der Waals surface area (Å²) in [5.41, 5.74) is 1.32. The van der Waals surface area contributed by atoms with Gasteiger partial charge in [-0.1, -0.05) is 32.6 Å². The second-order valence-corrected chi connectivity index (χ2v) is 6.50. The zero-order valence-electron chi connectivity index (χ0n) is 14.9. The molecule has 130 valence electrons. The molecule has 7 nitrogen and oxygen atoms in total. The van der Waals surface area contributed by atoms with Gasteiger partial charge in [0.25, 0.3) is 5.56 Å². The Labute approximate surface area is 140 Å². The Morgan fingerprint density at radius 2 is 1.75 bits per heavy atom. The number of unbranched alkanes of at least 4 members (excludes halogenated alkanes) is 4. The van der Waals surface area contributed by atoms with Crippen molar-refractivity contribution in [1.82, 2.24) is 23.1 Å². The monoisotopic (exact) mass is 331 g/mol. The Kier molecular flexibility index (Phi) is 4.34. The average molecular weight is 331 g/mol. The summed E-state index contributed by atoms with van der Waals surface area (Å²) in [6, 6.07) is 0. The molecule has 0 unspecified atom stereocenters. The summed E-state index contributed by atoms with van der Waals surface area (Å²) in [6.07, 6.45) is 7.96. The van der Waals surface area contributed by atoms with Crippen molar-refractivity contribution in [2.45, 2.75) is 52.5 Å². The lowest BCUT2D eigenvalue weighted by atomic mass is 10.1. The first kappa shape index (κ1) is 16.5.